The molecule has 1 saturated heterocycles. The van der Waals surface area contributed by atoms with Gasteiger partial charge in [-0.3, -0.25) is 0 Å². The minimum atomic E-state index is -1.04. The van der Waals surface area contributed by atoms with Gasteiger partial charge in [0.15, 0.2) is 17.5 Å². The Bertz CT molecular complexity index is 1410. The lowest BCUT2D eigenvalue weighted by Gasteiger charge is -2.32. The van der Waals surface area contributed by atoms with E-state index < -0.39 is 18.3 Å². The zero-order valence-electron chi connectivity index (χ0n) is 23.0. The molecule has 6 heteroatoms. The minimum Gasteiger partial charge on any atom is -0.399 e. The van der Waals surface area contributed by atoms with Gasteiger partial charge in [0.2, 0.25) is 0 Å². The molecule has 0 atom stereocenters. The van der Waals surface area contributed by atoms with Crippen molar-refractivity contribution in [2.24, 2.45) is 0 Å². The molecular formula is C27H26BN3O2. The second-order valence-electron chi connectivity index (χ2n) is 8.92. The molecule has 164 valence electrons. The Morgan fingerprint density at radius 2 is 1.12 bits per heavy atom. The molecule has 3 aromatic carbocycles. The number of aromatic nitrogens is 3. The first-order chi connectivity index (χ1) is 17.5. The Balaban J connectivity index is 1.75. The summed E-state index contributed by atoms with van der Waals surface area (Å²) in [5, 5.41) is 0. The number of hydrogen-bond donors (Lipinski definition) is 0. The lowest BCUT2D eigenvalue weighted by molar-refractivity contribution is 0.00578. The van der Waals surface area contributed by atoms with Crippen LogP contribution >= 0.6 is 0 Å². The van der Waals surface area contributed by atoms with E-state index in [-0.39, 0.29) is 41.0 Å². The third-order valence-corrected chi connectivity index (χ3v) is 6.06. The first kappa shape index (κ1) is 17.2. The molecule has 0 saturated carbocycles. The second kappa shape index (κ2) is 8.21. The molecule has 0 N–H and O–H groups in total. The lowest BCUT2D eigenvalue weighted by Crippen LogP contribution is -2.41. The van der Waals surface area contributed by atoms with Crippen molar-refractivity contribution in [3.63, 3.8) is 0 Å². The summed E-state index contributed by atoms with van der Waals surface area (Å²) in [6.45, 7) is 7.52. The topological polar surface area (TPSA) is 57.1 Å². The van der Waals surface area contributed by atoms with Gasteiger partial charge in [0.05, 0.1) is 16.7 Å². The third kappa shape index (κ3) is 4.20. The van der Waals surface area contributed by atoms with E-state index in [4.69, 9.17) is 14.8 Å². The minimum absolute atomic E-state index is 0.0301. The van der Waals surface area contributed by atoms with Gasteiger partial charge in [0.1, 0.15) is 0 Å². The highest BCUT2D eigenvalue weighted by Gasteiger charge is 2.51. The molecule has 2 heterocycles. The quantitative estimate of drug-likeness (QED) is 0.411. The molecule has 1 aliphatic heterocycles. The van der Waals surface area contributed by atoms with Crippen molar-refractivity contribution in [3.05, 3.63) is 84.8 Å². The summed E-state index contributed by atoms with van der Waals surface area (Å²) in [6.07, 6.45) is 0. The monoisotopic (exact) mass is 439 g/mol. The molecular weight excluding hydrogens is 409 g/mol. The van der Waals surface area contributed by atoms with E-state index in [0.29, 0.717) is 11.6 Å². The molecule has 1 aromatic heterocycles. The van der Waals surface area contributed by atoms with Crippen molar-refractivity contribution in [1.29, 1.82) is 0 Å². The molecule has 0 amide bonds. The maximum atomic E-state index is 9.05. The average Bonchev–Trinajstić information content (AvgIpc) is 3.09. The highest BCUT2D eigenvalue weighted by atomic mass is 16.7. The summed E-state index contributed by atoms with van der Waals surface area (Å²) in [6, 6.07) is 17.7. The van der Waals surface area contributed by atoms with E-state index in [0.717, 1.165) is 11.1 Å². The molecule has 0 bridgehead atoms. The van der Waals surface area contributed by atoms with Crippen LogP contribution in [0.4, 0.5) is 0 Å². The Morgan fingerprint density at radius 3 is 1.61 bits per heavy atom. The number of nitrogens with zero attached hydrogens (tertiary/aromatic N) is 3. The number of benzene rings is 3. The maximum absolute atomic E-state index is 9.05. The van der Waals surface area contributed by atoms with E-state index >= 15 is 0 Å². The summed E-state index contributed by atoms with van der Waals surface area (Å²) >= 11 is 0. The van der Waals surface area contributed by atoms with Crippen molar-refractivity contribution >= 4 is 12.6 Å². The zero-order valence-corrected chi connectivity index (χ0v) is 19.0. The van der Waals surface area contributed by atoms with Gasteiger partial charge in [-0.05, 0) is 33.2 Å². The molecule has 0 spiro atoms. The molecule has 0 radical (unpaired) electrons. The average molecular weight is 439 g/mol. The van der Waals surface area contributed by atoms with Crippen LogP contribution in [-0.2, 0) is 9.31 Å². The fourth-order valence-electron chi connectivity index (χ4n) is 3.47. The first-order valence-electron chi connectivity index (χ1n) is 12.8. The molecule has 0 unspecified atom stereocenters. The van der Waals surface area contributed by atoms with Gasteiger partial charge < -0.3 is 9.31 Å². The molecule has 0 aliphatic carbocycles. The Hall–Kier alpha value is -3.35. The second-order valence-corrected chi connectivity index (χ2v) is 8.92. The van der Waals surface area contributed by atoms with Crippen LogP contribution in [0, 0.1) is 0 Å². The van der Waals surface area contributed by atoms with E-state index in [1.54, 1.807) is 0 Å². The predicted molar refractivity (Wildman–Crippen MR) is 132 cm³/mol. The fourth-order valence-corrected chi connectivity index (χ4v) is 3.47. The number of hydrogen-bond acceptors (Lipinski definition) is 5. The van der Waals surface area contributed by atoms with Gasteiger partial charge in [-0.25, -0.2) is 15.0 Å². The number of rotatable bonds is 4. The van der Waals surface area contributed by atoms with Crippen LogP contribution in [-0.4, -0.2) is 33.3 Å². The van der Waals surface area contributed by atoms with Crippen molar-refractivity contribution in [3.8, 4) is 34.2 Å². The Kier molecular flexibility index (Phi) is 4.27. The summed E-state index contributed by atoms with van der Waals surface area (Å²) in [4.78, 5) is 13.9. The van der Waals surface area contributed by atoms with Gasteiger partial charge in [-0.1, -0.05) is 84.8 Å². The first-order valence-corrected chi connectivity index (χ1v) is 10.8. The van der Waals surface area contributed by atoms with E-state index in [1.165, 1.54) is 0 Å². The molecule has 33 heavy (non-hydrogen) atoms. The van der Waals surface area contributed by atoms with Crippen LogP contribution in [0.3, 0.4) is 0 Å². The fraction of sp³-hybridized carbons (Fsp3) is 0.222. The molecule has 1 fully saturated rings. The van der Waals surface area contributed by atoms with Crippen LogP contribution in [0.2, 0.25) is 0 Å². The molecule has 1 aliphatic rings. The third-order valence-electron chi connectivity index (χ3n) is 6.06. The van der Waals surface area contributed by atoms with Crippen LogP contribution in [0.5, 0.6) is 0 Å². The maximum Gasteiger partial charge on any atom is 0.494 e. The summed E-state index contributed by atoms with van der Waals surface area (Å²) in [5.41, 5.74) is 0.200. The largest absolute Gasteiger partial charge is 0.494 e. The van der Waals surface area contributed by atoms with Gasteiger partial charge in [0, 0.05) is 16.7 Å². The Morgan fingerprint density at radius 1 is 0.667 bits per heavy atom. The SMILES string of the molecule is [2H]c1c([2H])c(B2OC(C)(C)C(C)(C)O2)c([2H])c(-c2nc(-c3ccccc3)nc(-c3ccccc3)n2)c1[2H]. The van der Waals surface area contributed by atoms with E-state index in [2.05, 4.69) is 15.0 Å². The van der Waals surface area contributed by atoms with Crippen molar-refractivity contribution in [1.82, 2.24) is 15.0 Å². The van der Waals surface area contributed by atoms with Gasteiger partial charge >= 0.3 is 7.12 Å². The molecule has 5 nitrogen and oxygen atoms in total. The van der Waals surface area contributed by atoms with Gasteiger partial charge in [-0.15, -0.1) is 0 Å². The van der Waals surface area contributed by atoms with Crippen LogP contribution in [0.15, 0.2) is 84.8 Å². The molecule has 5 rings (SSSR count). The van der Waals surface area contributed by atoms with Crippen LogP contribution < -0.4 is 5.46 Å². The van der Waals surface area contributed by atoms with Crippen LogP contribution in [0.1, 0.15) is 33.2 Å². The normalized spacial score (nSPS) is 18.4. The van der Waals surface area contributed by atoms with E-state index in [1.807, 2.05) is 88.4 Å². The summed E-state index contributed by atoms with van der Waals surface area (Å²) in [5.74, 6) is 0.831. The van der Waals surface area contributed by atoms with Crippen molar-refractivity contribution in [2.75, 3.05) is 0 Å². The van der Waals surface area contributed by atoms with Crippen molar-refractivity contribution < 1.29 is 14.8 Å². The smallest absolute Gasteiger partial charge is 0.399 e. The zero-order chi connectivity index (χ0) is 26.5. The predicted octanol–water partition coefficient (Wildman–Crippen LogP) is 5.17. The van der Waals surface area contributed by atoms with Gasteiger partial charge in [-0.2, -0.15) is 0 Å². The summed E-state index contributed by atoms with van der Waals surface area (Å²) in [7, 11) is -1.04. The highest BCUT2D eigenvalue weighted by Crippen LogP contribution is 2.36. The lowest BCUT2D eigenvalue weighted by atomic mass is 9.78. The summed E-state index contributed by atoms with van der Waals surface area (Å²) < 4.78 is 47.1. The van der Waals surface area contributed by atoms with Gasteiger partial charge in [0.25, 0.3) is 0 Å². The van der Waals surface area contributed by atoms with Crippen LogP contribution in [0.25, 0.3) is 34.2 Å². The Labute approximate surface area is 200 Å². The van der Waals surface area contributed by atoms with E-state index in [9.17, 15) is 0 Å². The van der Waals surface area contributed by atoms with Crippen molar-refractivity contribution in [2.45, 2.75) is 38.9 Å². The highest BCUT2D eigenvalue weighted by molar-refractivity contribution is 6.62. The standard InChI is InChI=1S/C27H26BN3O2/c1-26(2)27(3,4)33-28(32-26)22-17-11-16-21(18-22)25-30-23(19-12-7-5-8-13-19)29-24(31-25)20-14-9-6-10-15-20/h5-18H,1-4H3/i11D,16D,17D,18D. The molecule has 4 aromatic rings.